The first-order chi connectivity index (χ1) is 14.0. The predicted octanol–water partition coefficient (Wildman–Crippen LogP) is 3.55. The number of nitrogens with zero attached hydrogens (tertiary/aromatic N) is 3. The van der Waals surface area contributed by atoms with E-state index in [-0.39, 0.29) is 29.5 Å². The molecule has 0 fully saturated rings. The van der Waals surface area contributed by atoms with Gasteiger partial charge in [-0.15, -0.1) is 24.0 Å². The Bertz CT molecular complexity index is 849. The minimum absolute atomic E-state index is 0. The second kappa shape index (κ2) is 14.1. The third kappa shape index (κ3) is 8.38. The Morgan fingerprint density at radius 2 is 1.80 bits per heavy atom. The maximum atomic E-state index is 11.9. The van der Waals surface area contributed by atoms with Gasteiger partial charge in [0, 0.05) is 57.2 Å². The molecule has 166 valence electrons. The molecule has 2 aromatic rings. The topological polar surface area (TPSA) is 61.7 Å². The van der Waals surface area contributed by atoms with Crippen molar-refractivity contribution < 1.29 is 0 Å². The SMILES string of the molecule is CCN(CCNC(=NC)NCCCCn1c(C)cccc1=O)c1cccc(C)c1.I. The highest BCUT2D eigenvalue weighted by atomic mass is 127. The van der Waals surface area contributed by atoms with E-state index in [9.17, 15) is 4.79 Å². The third-order valence-corrected chi connectivity index (χ3v) is 5.02. The Morgan fingerprint density at radius 1 is 1.07 bits per heavy atom. The van der Waals surface area contributed by atoms with Crippen molar-refractivity contribution in [2.75, 3.05) is 38.1 Å². The summed E-state index contributed by atoms with van der Waals surface area (Å²) >= 11 is 0. The minimum Gasteiger partial charge on any atom is -0.370 e. The van der Waals surface area contributed by atoms with Crippen molar-refractivity contribution in [3.05, 3.63) is 64.1 Å². The zero-order valence-electron chi connectivity index (χ0n) is 18.6. The minimum atomic E-state index is 0. The first-order valence-electron chi connectivity index (χ1n) is 10.5. The van der Waals surface area contributed by atoms with Crippen molar-refractivity contribution in [3.63, 3.8) is 0 Å². The number of halogens is 1. The Balaban J connectivity index is 0.00000450. The summed E-state index contributed by atoms with van der Waals surface area (Å²) < 4.78 is 1.83. The lowest BCUT2D eigenvalue weighted by molar-refractivity contribution is 0.575. The predicted molar refractivity (Wildman–Crippen MR) is 139 cm³/mol. The maximum absolute atomic E-state index is 11.9. The molecule has 30 heavy (non-hydrogen) atoms. The quantitative estimate of drug-likeness (QED) is 0.216. The molecule has 0 saturated carbocycles. The third-order valence-electron chi connectivity index (χ3n) is 5.02. The van der Waals surface area contributed by atoms with E-state index in [1.165, 1.54) is 11.3 Å². The Morgan fingerprint density at radius 3 is 2.47 bits per heavy atom. The summed E-state index contributed by atoms with van der Waals surface area (Å²) in [5.74, 6) is 0.818. The number of aryl methyl sites for hydroxylation is 2. The molecule has 0 bridgehead atoms. The molecule has 0 radical (unpaired) electrons. The first kappa shape index (κ1) is 26.0. The molecule has 1 aromatic carbocycles. The molecule has 1 heterocycles. The van der Waals surface area contributed by atoms with E-state index in [0.29, 0.717) is 0 Å². The van der Waals surface area contributed by atoms with Gasteiger partial charge in [-0.05, 0) is 57.4 Å². The highest BCUT2D eigenvalue weighted by molar-refractivity contribution is 14.0. The van der Waals surface area contributed by atoms with Crippen LogP contribution in [0.3, 0.4) is 0 Å². The number of rotatable bonds is 10. The van der Waals surface area contributed by atoms with Crippen molar-refractivity contribution >= 4 is 35.6 Å². The number of aliphatic imine (C=N–C) groups is 1. The van der Waals surface area contributed by atoms with Crippen LogP contribution < -0.4 is 21.1 Å². The molecule has 1 aromatic heterocycles. The average Bonchev–Trinajstić information content (AvgIpc) is 2.71. The Kier molecular flexibility index (Phi) is 12.2. The van der Waals surface area contributed by atoms with Gasteiger partial charge in [-0.25, -0.2) is 0 Å². The Hall–Kier alpha value is -2.03. The molecular formula is C23H36IN5O. The van der Waals surface area contributed by atoms with Gasteiger partial charge in [-0.1, -0.05) is 18.2 Å². The normalized spacial score (nSPS) is 11.0. The zero-order chi connectivity index (χ0) is 21.1. The van der Waals surface area contributed by atoms with E-state index in [0.717, 1.165) is 57.2 Å². The van der Waals surface area contributed by atoms with Gasteiger partial charge in [-0.2, -0.15) is 0 Å². The monoisotopic (exact) mass is 525 g/mol. The van der Waals surface area contributed by atoms with Crippen molar-refractivity contribution in [2.24, 2.45) is 4.99 Å². The number of anilines is 1. The lowest BCUT2D eigenvalue weighted by Crippen LogP contribution is -2.42. The van der Waals surface area contributed by atoms with Crippen molar-refractivity contribution in [1.82, 2.24) is 15.2 Å². The van der Waals surface area contributed by atoms with Gasteiger partial charge in [0.05, 0.1) is 0 Å². The summed E-state index contributed by atoms with van der Waals surface area (Å²) in [5.41, 5.74) is 3.62. The van der Waals surface area contributed by atoms with Crippen LogP contribution in [0.15, 0.2) is 52.3 Å². The molecule has 0 aliphatic heterocycles. The fraction of sp³-hybridized carbons (Fsp3) is 0.478. The second-order valence-electron chi connectivity index (χ2n) is 7.21. The molecule has 0 atom stereocenters. The lowest BCUT2D eigenvalue weighted by Gasteiger charge is -2.24. The van der Waals surface area contributed by atoms with Gasteiger partial charge in [-0.3, -0.25) is 9.79 Å². The van der Waals surface area contributed by atoms with Crippen LogP contribution in [-0.4, -0.2) is 43.8 Å². The summed E-state index contributed by atoms with van der Waals surface area (Å²) in [6.07, 6.45) is 1.93. The molecule has 0 spiro atoms. The number of benzene rings is 1. The highest BCUT2D eigenvalue weighted by Gasteiger charge is 2.05. The van der Waals surface area contributed by atoms with Crippen LogP contribution in [0.5, 0.6) is 0 Å². The van der Waals surface area contributed by atoms with Gasteiger partial charge < -0.3 is 20.1 Å². The smallest absolute Gasteiger partial charge is 0.250 e. The molecule has 0 amide bonds. The van der Waals surface area contributed by atoms with Gasteiger partial charge in [0.15, 0.2) is 5.96 Å². The number of hydrogen-bond donors (Lipinski definition) is 2. The second-order valence-corrected chi connectivity index (χ2v) is 7.21. The zero-order valence-corrected chi connectivity index (χ0v) is 21.0. The van der Waals surface area contributed by atoms with E-state index in [1.807, 2.05) is 23.6 Å². The number of unbranched alkanes of at least 4 members (excludes halogenated alkanes) is 1. The summed E-state index contributed by atoms with van der Waals surface area (Å²) in [7, 11) is 1.79. The number of aromatic nitrogens is 1. The molecule has 0 saturated heterocycles. The number of likely N-dealkylation sites (N-methyl/N-ethyl adjacent to an activating group) is 1. The van der Waals surface area contributed by atoms with Gasteiger partial charge >= 0.3 is 0 Å². The van der Waals surface area contributed by atoms with E-state index in [2.05, 4.69) is 58.6 Å². The van der Waals surface area contributed by atoms with Gasteiger partial charge in [0.1, 0.15) is 0 Å². The van der Waals surface area contributed by atoms with Crippen LogP contribution in [0.2, 0.25) is 0 Å². The summed E-state index contributed by atoms with van der Waals surface area (Å²) in [4.78, 5) is 18.5. The van der Waals surface area contributed by atoms with Crippen molar-refractivity contribution in [3.8, 4) is 0 Å². The molecule has 6 nitrogen and oxygen atoms in total. The fourth-order valence-electron chi connectivity index (χ4n) is 3.34. The van der Waals surface area contributed by atoms with Crippen LogP contribution in [-0.2, 0) is 6.54 Å². The standard InChI is InChI=1S/C23H35N5O.HI/c1-5-27(21-12-8-10-19(2)18-21)17-15-26-23(24-4)25-14-6-7-16-28-20(3)11-9-13-22(28)29;/h8-13,18H,5-7,14-17H2,1-4H3,(H2,24,25,26);1H. The highest BCUT2D eigenvalue weighted by Crippen LogP contribution is 2.14. The fourth-order valence-corrected chi connectivity index (χ4v) is 3.34. The van der Waals surface area contributed by atoms with E-state index < -0.39 is 0 Å². The molecule has 0 unspecified atom stereocenters. The van der Waals surface area contributed by atoms with E-state index in [1.54, 1.807) is 13.1 Å². The molecule has 0 aliphatic carbocycles. The molecule has 7 heteroatoms. The van der Waals surface area contributed by atoms with Crippen molar-refractivity contribution in [2.45, 2.75) is 40.2 Å². The Labute approximate surface area is 197 Å². The van der Waals surface area contributed by atoms with Gasteiger partial charge in [0.25, 0.3) is 5.56 Å². The number of guanidine groups is 1. The largest absolute Gasteiger partial charge is 0.370 e. The molecule has 2 N–H and O–H groups in total. The van der Waals surface area contributed by atoms with Crippen LogP contribution in [0.4, 0.5) is 5.69 Å². The number of pyridine rings is 1. The first-order valence-corrected chi connectivity index (χ1v) is 10.5. The van der Waals surface area contributed by atoms with E-state index >= 15 is 0 Å². The average molecular weight is 525 g/mol. The van der Waals surface area contributed by atoms with Crippen LogP contribution in [0.25, 0.3) is 0 Å². The van der Waals surface area contributed by atoms with E-state index in [4.69, 9.17) is 0 Å². The van der Waals surface area contributed by atoms with Crippen LogP contribution >= 0.6 is 24.0 Å². The number of hydrogen-bond acceptors (Lipinski definition) is 3. The van der Waals surface area contributed by atoms with Crippen LogP contribution in [0, 0.1) is 13.8 Å². The molecule has 2 rings (SSSR count). The summed E-state index contributed by atoms with van der Waals surface area (Å²) in [5, 5.41) is 6.75. The molecular weight excluding hydrogens is 489 g/mol. The van der Waals surface area contributed by atoms with Gasteiger partial charge in [0.2, 0.25) is 0 Å². The number of nitrogens with one attached hydrogen (secondary N) is 2. The van der Waals surface area contributed by atoms with Crippen LogP contribution in [0.1, 0.15) is 31.0 Å². The summed E-state index contributed by atoms with van der Waals surface area (Å²) in [6, 6.07) is 14.0. The lowest BCUT2D eigenvalue weighted by atomic mass is 10.2. The summed E-state index contributed by atoms with van der Waals surface area (Å²) in [6.45, 7) is 10.6. The molecule has 0 aliphatic rings. The maximum Gasteiger partial charge on any atom is 0.250 e. The van der Waals surface area contributed by atoms with Crippen molar-refractivity contribution in [1.29, 1.82) is 0 Å².